The van der Waals surface area contributed by atoms with Crippen LogP contribution in [0.3, 0.4) is 0 Å². The number of hydrogen-bond acceptors (Lipinski definition) is 5. The van der Waals surface area contributed by atoms with Crippen LogP contribution in [-0.4, -0.2) is 64.5 Å². The van der Waals surface area contributed by atoms with E-state index in [0.717, 1.165) is 30.7 Å². The van der Waals surface area contributed by atoms with E-state index in [1.165, 1.54) is 0 Å². The van der Waals surface area contributed by atoms with E-state index < -0.39 is 0 Å². The second-order valence-corrected chi connectivity index (χ2v) is 7.50. The first-order valence-electron chi connectivity index (χ1n) is 10.7. The lowest BCUT2D eigenvalue weighted by Gasteiger charge is -2.14. The molecule has 0 unspecified atom stereocenters. The summed E-state index contributed by atoms with van der Waals surface area (Å²) < 4.78 is 16.1. The number of ether oxygens (including phenoxy) is 3. The smallest absolute Gasteiger partial charge is 0.223 e. The van der Waals surface area contributed by atoms with Gasteiger partial charge >= 0.3 is 0 Å². The highest BCUT2D eigenvalue weighted by molar-refractivity contribution is 5.93. The molecule has 1 fully saturated rings. The van der Waals surface area contributed by atoms with Crippen LogP contribution in [0.25, 0.3) is 0 Å². The van der Waals surface area contributed by atoms with Crippen molar-refractivity contribution in [1.29, 1.82) is 0 Å². The van der Waals surface area contributed by atoms with Crippen LogP contribution in [0.5, 0.6) is 5.75 Å². The normalized spacial score (nSPS) is 13.9. The Morgan fingerprint density at radius 1 is 1.10 bits per heavy atom. The van der Waals surface area contributed by atoms with Gasteiger partial charge < -0.3 is 30.2 Å². The van der Waals surface area contributed by atoms with Gasteiger partial charge in [-0.05, 0) is 57.4 Å². The SMILES string of the molecule is COCCOCCCN=C(NCCNC(=O)C1CC1)Nc1ccc(OC(C)C)cc1. The standard InChI is InChI=1S/C22H36N4O4/c1-17(2)30-20-9-7-19(8-10-20)26-22(24-11-4-14-29-16-15-28-3)25-13-12-23-21(27)18-5-6-18/h7-10,17-18H,4-6,11-16H2,1-3H3,(H,23,27)(H2,24,25,26). The lowest BCUT2D eigenvalue weighted by molar-refractivity contribution is -0.122. The monoisotopic (exact) mass is 420 g/mol. The lowest BCUT2D eigenvalue weighted by Crippen LogP contribution is -2.38. The van der Waals surface area contributed by atoms with Crippen molar-refractivity contribution in [2.75, 3.05) is 51.9 Å². The Hall–Kier alpha value is -2.32. The van der Waals surface area contributed by atoms with Crippen LogP contribution in [0.2, 0.25) is 0 Å². The van der Waals surface area contributed by atoms with Crippen LogP contribution in [0, 0.1) is 5.92 Å². The van der Waals surface area contributed by atoms with Gasteiger partial charge in [-0.25, -0.2) is 0 Å². The van der Waals surface area contributed by atoms with E-state index in [9.17, 15) is 4.79 Å². The molecule has 3 N–H and O–H groups in total. The van der Waals surface area contributed by atoms with Crippen molar-refractivity contribution in [3.63, 3.8) is 0 Å². The highest BCUT2D eigenvalue weighted by Crippen LogP contribution is 2.28. The van der Waals surface area contributed by atoms with Crippen LogP contribution in [0.15, 0.2) is 29.3 Å². The molecule has 0 atom stereocenters. The molecule has 0 saturated heterocycles. The number of aliphatic imine (C=N–C) groups is 1. The van der Waals surface area contributed by atoms with Crippen LogP contribution in [0.4, 0.5) is 5.69 Å². The van der Waals surface area contributed by atoms with Crippen molar-refractivity contribution in [2.24, 2.45) is 10.9 Å². The number of carbonyl (C=O) groups excluding carboxylic acids is 1. The fourth-order valence-corrected chi connectivity index (χ4v) is 2.62. The Kier molecular flexibility index (Phi) is 11.0. The molecule has 8 nitrogen and oxygen atoms in total. The molecule has 0 bridgehead atoms. The lowest BCUT2D eigenvalue weighted by atomic mass is 10.3. The summed E-state index contributed by atoms with van der Waals surface area (Å²) in [4.78, 5) is 16.4. The van der Waals surface area contributed by atoms with Crippen molar-refractivity contribution in [1.82, 2.24) is 10.6 Å². The predicted molar refractivity (Wildman–Crippen MR) is 119 cm³/mol. The van der Waals surface area contributed by atoms with Crippen LogP contribution in [-0.2, 0) is 14.3 Å². The number of nitrogens with zero attached hydrogens (tertiary/aromatic N) is 1. The molecule has 0 spiro atoms. The van der Waals surface area contributed by atoms with E-state index in [-0.39, 0.29) is 17.9 Å². The number of guanidine groups is 1. The molecular weight excluding hydrogens is 384 g/mol. The van der Waals surface area contributed by atoms with Crippen LogP contribution >= 0.6 is 0 Å². The Morgan fingerprint density at radius 3 is 2.50 bits per heavy atom. The number of benzene rings is 1. The minimum absolute atomic E-state index is 0.138. The number of carbonyl (C=O) groups is 1. The maximum Gasteiger partial charge on any atom is 0.223 e. The predicted octanol–water partition coefficient (Wildman–Crippen LogP) is 2.41. The topological polar surface area (TPSA) is 93.2 Å². The number of rotatable bonds is 14. The number of hydrogen-bond donors (Lipinski definition) is 3. The zero-order valence-corrected chi connectivity index (χ0v) is 18.4. The quantitative estimate of drug-likeness (QED) is 0.243. The van der Waals surface area contributed by atoms with Gasteiger partial charge in [-0.2, -0.15) is 0 Å². The summed E-state index contributed by atoms with van der Waals surface area (Å²) in [6, 6.07) is 7.77. The molecule has 1 amide bonds. The second-order valence-electron chi connectivity index (χ2n) is 7.50. The molecule has 2 rings (SSSR count). The molecule has 0 heterocycles. The van der Waals surface area contributed by atoms with E-state index in [2.05, 4.69) is 20.9 Å². The first-order valence-corrected chi connectivity index (χ1v) is 10.7. The Balaban J connectivity index is 1.80. The van der Waals surface area contributed by atoms with Gasteiger partial charge in [0, 0.05) is 45.0 Å². The highest BCUT2D eigenvalue weighted by atomic mass is 16.5. The van der Waals surface area contributed by atoms with Crippen molar-refractivity contribution in [2.45, 2.75) is 39.2 Å². The minimum atomic E-state index is 0.138. The van der Waals surface area contributed by atoms with Gasteiger partial charge in [0.1, 0.15) is 5.75 Å². The number of amides is 1. The largest absolute Gasteiger partial charge is 0.491 e. The summed E-state index contributed by atoms with van der Waals surface area (Å²) in [7, 11) is 1.66. The van der Waals surface area contributed by atoms with Gasteiger partial charge in [0.25, 0.3) is 0 Å². The number of nitrogens with one attached hydrogen (secondary N) is 3. The van der Waals surface area contributed by atoms with E-state index in [1.54, 1.807) is 7.11 Å². The summed E-state index contributed by atoms with van der Waals surface area (Å²) in [5.74, 6) is 1.88. The van der Waals surface area contributed by atoms with Gasteiger partial charge in [0.15, 0.2) is 5.96 Å². The van der Waals surface area contributed by atoms with Crippen LogP contribution in [0.1, 0.15) is 33.1 Å². The zero-order valence-electron chi connectivity index (χ0n) is 18.4. The third-order valence-electron chi connectivity index (χ3n) is 4.30. The third-order valence-corrected chi connectivity index (χ3v) is 4.30. The van der Waals surface area contributed by atoms with Gasteiger partial charge in [-0.15, -0.1) is 0 Å². The zero-order chi connectivity index (χ0) is 21.6. The molecule has 0 aromatic heterocycles. The van der Waals surface area contributed by atoms with E-state index in [0.29, 0.717) is 45.4 Å². The van der Waals surface area contributed by atoms with E-state index in [4.69, 9.17) is 14.2 Å². The molecule has 8 heteroatoms. The fourth-order valence-electron chi connectivity index (χ4n) is 2.62. The first kappa shape index (κ1) is 24.0. The summed E-state index contributed by atoms with van der Waals surface area (Å²) >= 11 is 0. The Bertz CT molecular complexity index is 645. The summed E-state index contributed by atoms with van der Waals surface area (Å²) in [5.41, 5.74) is 0.913. The summed E-state index contributed by atoms with van der Waals surface area (Å²) in [6.07, 6.45) is 2.97. The van der Waals surface area contributed by atoms with Gasteiger partial charge in [0.05, 0.1) is 19.3 Å². The molecule has 0 radical (unpaired) electrons. The van der Waals surface area contributed by atoms with Crippen molar-refractivity contribution in [3.05, 3.63) is 24.3 Å². The van der Waals surface area contributed by atoms with E-state index in [1.807, 2.05) is 38.1 Å². The molecule has 1 aromatic rings. The third kappa shape index (κ3) is 10.5. The van der Waals surface area contributed by atoms with Gasteiger partial charge in [-0.3, -0.25) is 9.79 Å². The number of anilines is 1. The fraction of sp³-hybridized carbons (Fsp3) is 0.636. The molecule has 1 aliphatic carbocycles. The number of methoxy groups -OCH3 is 1. The second kappa shape index (κ2) is 13.8. The van der Waals surface area contributed by atoms with Crippen molar-refractivity contribution < 1.29 is 19.0 Å². The van der Waals surface area contributed by atoms with Crippen LogP contribution < -0.4 is 20.7 Å². The Labute approximate surface area is 179 Å². The molecule has 1 aromatic carbocycles. The summed E-state index contributed by atoms with van der Waals surface area (Å²) in [5, 5.41) is 9.53. The molecule has 0 aliphatic heterocycles. The Morgan fingerprint density at radius 2 is 1.83 bits per heavy atom. The molecule has 1 saturated carbocycles. The van der Waals surface area contributed by atoms with Crippen molar-refractivity contribution >= 4 is 17.6 Å². The summed E-state index contributed by atoms with van der Waals surface area (Å²) in [6.45, 7) is 7.63. The van der Waals surface area contributed by atoms with Gasteiger partial charge in [0.2, 0.25) is 5.91 Å². The van der Waals surface area contributed by atoms with E-state index >= 15 is 0 Å². The average Bonchev–Trinajstić information content (AvgIpc) is 3.56. The molecular formula is C22H36N4O4. The average molecular weight is 421 g/mol. The maximum atomic E-state index is 11.7. The minimum Gasteiger partial charge on any atom is -0.491 e. The molecule has 168 valence electrons. The van der Waals surface area contributed by atoms with Gasteiger partial charge in [-0.1, -0.05) is 0 Å². The highest BCUT2D eigenvalue weighted by Gasteiger charge is 2.28. The maximum absolute atomic E-state index is 11.7. The first-order chi connectivity index (χ1) is 14.6. The molecule has 30 heavy (non-hydrogen) atoms. The molecule has 1 aliphatic rings. The van der Waals surface area contributed by atoms with Crippen molar-refractivity contribution in [3.8, 4) is 5.75 Å².